The quantitative estimate of drug-likeness (QED) is 0.265. The highest BCUT2D eigenvalue weighted by molar-refractivity contribution is 5.87. The molecule has 0 saturated heterocycles. The summed E-state index contributed by atoms with van der Waals surface area (Å²) >= 11 is 0. The Hall–Kier alpha value is -3.64. The Morgan fingerprint density at radius 2 is 2.11 bits per heavy atom. The first kappa shape index (κ1) is 23.1. The molecule has 180 valence electrons. The summed E-state index contributed by atoms with van der Waals surface area (Å²) in [5.74, 6) is 0.549. The topological polar surface area (TPSA) is 71.4 Å². The lowest BCUT2D eigenvalue weighted by Gasteiger charge is -2.30. The van der Waals surface area contributed by atoms with Gasteiger partial charge in [0.2, 0.25) is 0 Å². The average Bonchev–Trinajstić information content (AvgIpc) is 3.57. The van der Waals surface area contributed by atoms with Crippen LogP contribution in [0.1, 0.15) is 51.7 Å². The second kappa shape index (κ2) is 9.92. The fraction of sp³-hybridized carbons (Fsp3) is 0.310. The lowest BCUT2D eigenvalue weighted by Crippen LogP contribution is -2.29. The van der Waals surface area contributed by atoms with E-state index < -0.39 is 0 Å². The molecule has 2 aromatic heterocycles. The Morgan fingerprint density at radius 1 is 1.26 bits per heavy atom. The number of hydrogen-bond donors (Lipinski definition) is 1. The molecule has 0 aliphatic heterocycles. The number of nitrogens with zero attached hydrogens (tertiary/aromatic N) is 2. The minimum absolute atomic E-state index is 0.322. The molecule has 0 bridgehead atoms. The van der Waals surface area contributed by atoms with Crippen LogP contribution in [0.5, 0.6) is 0 Å². The van der Waals surface area contributed by atoms with Crippen LogP contribution in [0.2, 0.25) is 0 Å². The molecule has 1 aliphatic carbocycles. The van der Waals surface area contributed by atoms with Crippen LogP contribution in [-0.4, -0.2) is 34.7 Å². The SMILES string of the molecule is COC(=O)/C=C/c1ccc2c(c1)CCC2N(CCc1c[nH]c2ccccc12)Cc1c(C)noc1C. The number of aromatic amines is 1. The summed E-state index contributed by atoms with van der Waals surface area (Å²) < 4.78 is 10.2. The molecule has 0 saturated carbocycles. The number of carbonyl (C=O) groups excluding carboxylic acids is 1. The summed E-state index contributed by atoms with van der Waals surface area (Å²) in [5, 5.41) is 5.48. The maximum Gasteiger partial charge on any atom is 0.330 e. The van der Waals surface area contributed by atoms with Crippen LogP contribution in [0, 0.1) is 13.8 Å². The molecule has 0 spiro atoms. The number of aryl methyl sites for hydroxylation is 3. The summed E-state index contributed by atoms with van der Waals surface area (Å²) in [4.78, 5) is 17.5. The van der Waals surface area contributed by atoms with Crippen LogP contribution < -0.4 is 0 Å². The molecule has 1 atom stereocenters. The van der Waals surface area contributed by atoms with Crippen molar-refractivity contribution in [1.29, 1.82) is 0 Å². The fourth-order valence-corrected chi connectivity index (χ4v) is 5.21. The highest BCUT2D eigenvalue weighted by Gasteiger charge is 2.29. The minimum atomic E-state index is -0.341. The molecule has 5 rings (SSSR count). The Bertz CT molecular complexity index is 1360. The van der Waals surface area contributed by atoms with Gasteiger partial charge in [0, 0.05) is 47.9 Å². The highest BCUT2D eigenvalue weighted by Crippen LogP contribution is 2.38. The zero-order valence-corrected chi connectivity index (χ0v) is 20.5. The second-order valence-corrected chi connectivity index (χ2v) is 9.25. The highest BCUT2D eigenvalue weighted by atomic mass is 16.5. The third-order valence-electron chi connectivity index (χ3n) is 7.15. The van der Waals surface area contributed by atoms with Crippen molar-refractivity contribution < 1.29 is 14.1 Å². The normalized spacial score (nSPS) is 15.4. The van der Waals surface area contributed by atoms with E-state index in [1.54, 1.807) is 0 Å². The van der Waals surface area contributed by atoms with Gasteiger partial charge >= 0.3 is 5.97 Å². The van der Waals surface area contributed by atoms with Gasteiger partial charge in [0.15, 0.2) is 0 Å². The van der Waals surface area contributed by atoms with Crippen molar-refractivity contribution >= 4 is 22.9 Å². The van der Waals surface area contributed by atoms with Gasteiger partial charge in [0.05, 0.1) is 12.8 Å². The van der Waals surface area contributed by atoms with Gasteiger partial charge in [-0.3, -0.25) is 4.90 Å². The van der Waals surface area contributed by atoms with Crippen molar-refractivity contribution in [2.45, 2.75) is 45.7 Å². The van der Waals surface area contributed by atoms with E-state index in [0.717, 1.165) is 49.4 Å². The third-order valence-corrected chi connectivity index (χ3v) is 7.15. The minimum Gasteiger partial charge on any atom is -0.466 e. The predicted molar refractivity (Wildman–Crippen MR) is 137 cm³/mol. The first-order chi connectivity index (χ1) is 17.0. The van der Waals surface area contributed by atoms with Crippen molar-refractivity contribution in [3.63, 3.8) is 0 Å². The Morgan fingerprint density at radius 3 is 2.91 bits per heavy atom. The van der Waals surface area contributed by atoms with Gasteiger partial charge in [0.1, 0.15) is 5.76 Å². The molecule has 0 amide bonds. The van der Waals surface area contributed by atoms with Gasteiger partial charge in [-0.25, -0.2) is 4.79 Å². The second-order valence-electron chi connectivity index (χ2n) is 9.25. The molecule has 1 unspecified atom stereocenters. The van der Waals surface area contributed by atoms with Crippen LogP contribution >= 0.6 is 0 Å². The van der Waals surface area contributed by atoms with Gasteiger partial charge in [0.25, 0.3) is 0 Å². The standard InChI is InChI=1S/C29H31N3O3/c1-19-26(20(2)35-31-19)18-32(15-14-23-17-30-27-7-5-4-6-24(23)27)28-12-10-22-16-21(8-11-25(22)28)9-13-29(33)34-3/h4-9,11,13,16-17,28,30H,10,12,14-15,18H2,1-3H3/b13-9+. The number of nitrogens with one attached hydrogen (secondary N) is 1. The van der Waals surface area contributed by atoms with Crippen LogP contribution in [-0.2, 0) is 28.9 Å². The van der Waals surface area contributed by atoms with Crippen LogP contribution in [0.3, 0.4) is 0 Å². The van der Waals surface area contributed by atoms with E-state index in [0.29, 0.717) is 6.04 Å². The largest absolute Gasteiger partial charge is 0.466 e. The number of hydrogen-bond acceptors (Lipinski definition) is 5. The molecule has 0 radical (unpaired) electrons. The number of H-pyrrole nitrogens is 1. The van der Waals surface area contributed by atoms with Crippen molar-refractivity contribution in [2.24, 2.45) is 0 Å². The Kier molecular flexibility index (Phi) is 6.55. The van der Waals surface area contributed by atoms with Crippen LogP contribution in [0.4, 0.5) is 0 Å². The van der Waals surface area contributed by atoms with Gasteiger partial charge in [-0.15, -0.1) is 0 Å². The number of fused-ring (bicyclic) bond motifs is 2. The van der Waals surface area contributed by atoms with E-state index in [-0.39, 0.29) is 5.97 Å². The number of para-hydroxylation sites is 1. The molecule has 1 N–H and O–H groups in total. The summed E-state index contributed by atoms with van der Waals surface area (Å²) in [6.45, 7) is 5.75. The van der Waals surface area contributed by atoms with Gasteiger partial charge in [-0.1, -0.05) is 41.6 Å². The number of aromatic nitrogens is 2. The number of esters is 1. The van der Waals surface area contributed by atoms with E-state index in [9.17, 15) is 4.79 Å². The molecule has 2 aromatic carbocycles. The molecule has 2 heterocycles. The lowest BCUT2D eigenvalue weighted by atomic mass is 10.0. The number of methoxy groups -OCH3 is 1. The molecule has 1 aliphatic rings. The number of ether oxygens (including phenoxy) is 1. The Balaban J connectivity index is 1.41. The maximum absolute atomic E-state index is 11.5. The maximum atomic E-state index is 11.5. The predicted octanol–water partition coefficient (Wildman–Crippen LogP) is 5.69. The summed E-state index contributed by atoms with van der Waals surface area (Å²) in [6.07, 6.45) is 8.47. The molecule has 6 heteroatoms. The smallest absolute Gasteiger partial charge is 0.330 e. The molecule has 0 fully saturated rings. The molecular weight excluding hydrogens is 438 g/mol. The van der Waals surface area contributed by atoms with E-state index in [2.05, 4.69) is 63.7 Å². The zero-order valence-electron chi connectivity index (χ0n) is 20.5. The van der Waals surface area contributed by atoms with Crippen LogP contribution in [0.25, 0.3) is 17.0 Å². The average molecular weight is 470 g/mol. The molecule has 35 heavy (non-hydrogen) atoms. The van der Waals surface area contributed by atoms with E-state index >= 15 is 0 Å². The lowest BCUT2D eigenvalue weighted by molar-refractivity contribution is -0.134. The van der Waals surface area contributed by atoms with E-state index in [4.69, 9.17) is 9.26 Å². The van der Waals surface area contributed by atoms with Crippen LogP contribution in [0.15, 0.2) is 59.3 Å². The number of carbonyl (C=O) groups is 1. The van der Waals surface area contributed by atoms with E-state index in [1.807, 2.05) is 19.9 Å². The third kappa shape index (κ3) is 4.80. The Labute approximate surface area is 205 Å². The first-order valence-electron chi connectivity index (χ1n) is 12.1. The summed E-state index contributed by atoms with van der Waals surface area (Å²) in [5.41, 5.74) is 8.38. The van der Waals surface area contributed by atoms with Crippen molar-refractivity contribution in [1.82, 2.24) is 15.0 Å². The zero-order chi connectivity index (χ0) is 24.4. The molecular formula is C29H31N3O3. The van der Waals surface area contributed by atoms with Crippen molar-refractivity contribution in [3.8, 4) is 0 Å². The van der Waals surface area contributed by atoms with E-state index in [1.165, 1.54) is 46.3 Å². The number of benzene rings is 2. The number of rotatable bonds is 8. The van der Waals surface area contributed by atoms with Gasteiger partial charge in [-0.05, 0) is 67.5 Å². The molecule has 6 nitrogen and oxygen atoms in total. The van der Waals surface area contributed by atoms with Crippen molar-refractivity contribution in [2.75, 3.05) is 13.7 Å². The summed E-state index contributed by atoms with van der Waals surface area (Å²) in [6, 6.07) is 15.3. The summed E-state index contributed by atoms with van der Waals surface area (Å²) in [7, 11) is 1.39. The van der Waals surface area contributed by atoms with Crippen molar-refractivity contribution in [3.05, 3.63) is 94.0 Å². The monoisotopic (exact) mass is 469 g/mol. The first-order valence-corrected chi connectivity index (χ1v) is 12.1. The van der Waals surface area contributed by atoms with Gasteiger partial charge in [-0.2, -0.15) is 0 Å². The molecule has 4 aromatic rings. The van der Waals surface area contributed by atoms with Gasteiger partial charge < -0.3 is 14.2 Å². The fourth-order valence-electron chi connectivity index (χ4n) is 5.21.